The maximum absolute atomic E-state index is 12.1. The molecule has 0 aromatic heterocycles. The molecule has 2 aliphatic heterocycles. The van der Waals surface area contributed by atoms with Gasteiger partial charge in [-0.3, -0.25) is 14.9 Å². The second-order valence-electron chi connectivity index (χ2n) is 4.63. The first kappa shape index (κ1) is 11.2. The minimum atomic E-state index is -0.569. The Bertz CT molecular complexity index is 533. The lowest BCUT2D eigenvalue weighted by Crippen LogP contribution is -2.42. The molecule has 1 aromatic carbocycles. The molecule has 0 N–H and O–H groups in total. The number of ketones is 1. The Kier molecular flexibility index (Phi) is 2.34. The van der Waals surface area contributed by atoms with Crippen molar-refractivity contribution in [3.63, 3.8) is 0 Å². The van der Waals surface area contributed by atoms with Gasteiger partial charge in [0, 0.05) is 18.6 Å². The Morgan fingerprint density at radius 3 is 2.89 bits per heavy atom. The number of nitrogens with zero attached hydrogens (tertiary/aromatic N) is 1. The first-order valence-electron chi connectivity index (χ1n) is 5.68. The van der Waals surface area contributed by atoms with E-state index < -0.39 is 10.5 Å². The van der Waals surface area contributed by atoms with Crippen molar-refractivity contribution in [2.24, 2.45) is 0 Å². The van der Waals surface area contributed by atoms with E-state index in [1.807, 2.05) is 0 Å². The molecule has 0 amide bonds. The number of benzene rings is 1. The monoisotopic (exact) mass is 249 g/mol. The van der Waals surface area contributed by atoms with Crippen LogP contribution in [0.4, 0.5) is 5.69 Å². The van der Waals surface area contributed by atoms with Crippen LogP contribution in [0.3, 0.4) is 0 Å². The molecule has 18 heavy (non-hydrogen) atoms. The third-order valence-electron chi connectivity index (χ3n) is 3.35. The molecule has 0 unspecified atom stereocenters. The fraction of sp³-hybridized carbons (Fsp3) is 0.417. The molecule has 0 aliphatic carbocycles. The smallest absolute Gasteiger partial charge is 0.270 e. The van der Waals surface area contributed by atoms with Gasteiger partial charge in [-0.05, 0) is 6.07 Å². The summed E-state index contributed by atoms with van der Waals surface area (Å²) in [6, 6.07) is 4.12. The molecule has 1 saturated heterocycles. The van der Waals surface area contributed by atoms with Gasteiger partial charge >= 0.3 is 0 Å². The number of carbonyl (C=O) groups excluding carboxylic acids is 1. The van der Waals surface area contributed by atoms with E-state index in [1.165, 1.54) is 18.2 Å². The van der Waals surface area contributed by atoms with Crippen molar-refractivity contribution in [2.75, 3.05) is 13.2 Å². The van der Waals surface area contributed by atoms with Crippen molar-refractivity contribution in [2.45, 2.75) is 18.4 Å². The van der Waals surface area contributed by atoms with Gasteiger partial charge < -0.3 is 9.47 Å². The molecule has 2 heterocycles. The predicted molar refractivity (Wildman–Crippen MR) is 60.8 cm³/mol. The fourth-order valence-electron chi connectivity index (χ4n) is 2.40. The zero-order valence-corrected chi connectivity index (χ0v) is 9.55. The van der Waals surface area contributed by atoms with Crippen molar-refractivity contribution in [1.82, 2.24) is 0 Å². The third kappa shape index (κ3) is 1.65. The van der Waals surface area contributed by atoms with Crippen molar-refractivity contribution in [3.8, 4) is 5.75 Å². The number of hydrogen-bond acceptors (Lipinski definition) is 5. The van der Waals surface area contributed by atoms with Crippen molar-refractivity contribution < 1.29 is 19.2 Å². The Balaban J connectivity index is 2.01. The highest BCUT2D eigenvalue weighted by Crippen LogP contribution is 2.39. The lowest BCUT2D eigenvalue weighted by Gasteiger charge is -2.33. The van der Waals surface area contributed by atoms with E-state index in [2.05, 4.69) is 0 Å². The van der Waals surface area contributed by atoms with Crippen LogP contribution in [0.25, 0.3) is 0 Å². The number of ether oxygens (including phenoxy) is 2. The molecule has 2 aliphatic rings. The summed E-state index contributed by atoms with van der Waals surface area (Å²) in [4.78, 5) is 22.2. The Morgan fingerprint density at radius 2 is 2.22 bits per heavy atom. The van der Waals surface area contributed by atoms with E-state index in [-0.39, 0.29) is 17.9 Å². The summed E-state index contributed by atoms with van der Waals surface area (Å²) < 4.78 is 11.1. The summed E-state index contributed by atoms with van der Waals surface area (Å²) >= 11 is 0. The maximum atomic E-state index is 12.1. The normalized spacial score (nSPS) is 25.9. The van der Waals surface area contributed by atoms with E-state index in [9.17, 15) is 14.9 Å². The molecule has 0 saturated carbocycles. The number of rotatable bonds is 1. The predicted octanol–water partition coefficient (Wildman–Crippen LogP) is 1.72. The van der Waals surface area contributed by atoms with Gasteiger partial charge in [0.25, 0.3) is 5.69 Å². The van der Waals surface area contributed by atoms with Crippen LogP contribution in [0.15, 0.2) is 18.2 Å². The topological polar surface area (TPSA) is 78.7 Å². The molecule has 1 aromatic rings. The Hall–Kier alpha value is -1.95. The SMILES string of the molecule is O=C1C[C@@]2(CCOC2)Oc2ccc([N+](=O)[O-])cc21. The van der Waals surface area contributed by atoms with Crippen LogP contribution in [0.1, 0.15) is 23.2 Å². The number of fused-ring (bicyclic) bond motifs is 1. The van der Waals surface area contributed by atoms with Crippen LogP contribution in [0.2, 0.25) is 0 Å². The highest BCUT2D eigenvalue weighted by atomic mass is 16.6. The van der Waals surface area contributed by atoms with Gasteiger partial charge in [-0.2, -0.15) is 0 Å². The average Bonchev–Trinajstić information content (AvgIpc) is 2.76. The van der Waals surface area contributed by atoms with Gasteiger partial charge in [-0.15, -0.1) is 0 Å². The number of hydrogen-bond donors (Lipinski definition) is 0. The van der Waals surface area contributed by atoms with E-state index >= 15 is 0 Å². The highest BCUT2D eigenvalue weighted by molar-refractivity contribution is 6.01. The van der Waals surface area contributed by atoms with Crippen LogP contribution in [0, 0.1) is 10.1 Å². The highest BCUT2D eigenvalue weighted by Gasteiger charge is 2.44. The summed E-state index contributed by atoms with van der Waals surface area (Å²) in [7, 11) is 0. The van der Waals surface area contributed by atoms with Crippen molar-refractivity contribution >= 4 is 11.5 Å². The average molecular weight is 249 g/mol. The lowest BCUT2D eigenvalue weighted by atomic mass is 9.89. The quantitative estimate of drug-likeness (QED) is 0.559. The lowest BCUT2D eigenvalue weighted by molar-refractivity contribution is -0.384. The van der Waals surface area contributed by atoms with Gasteiger partial charge in [0.05, 0.1) is 30.1 Å². The fourth-order valence-corrected chi connectivity index (χ4v) is 2.40. The minimum absolute atomic E-state index is 0.0932. The van der Waals surface area contributed by atoms with Gasteiger partial charge in [0.15, 0.2) is 5.78 Å². The van der Waals surface area contributed by atoms with Crippen LogP contribution in [-0.2, 0) is 4.74 Å². The van der Waals surface area contributed by atoms with Crippen LogP contribution in [0.5, 0.6) is 5.75 Å². The summed E-state index contributed by atoms with van der Waals surface area (Å²) in [5, 5.41) is 10.7. The van der Waals surface area contributed by atoms with Gasteiger partial charge in [0.2, 0.25) is 0 Å². The van der Waals surface area contributed by atoms with Gasteiger partial charge in [0.1, 0.15) is 11.4 Å². The number of nitro groups is 1. The standard InChI is InChI=1S/C12H11NO5/c14-10-6-12(3-4-17-7-12)18-11-2-1-8(13(15)16)5-9(10)11/h1-2,5H,3-4,6-7H2/t12-/m1/s1. The molecule has 1 fully saturated rings. The molecule has 1 atom stereocenters. The van der Waals surface area contributed by atoms with Crippen molar-refractivity contribution in [1.29, 1.82) is 0 Å². The van der Waals surface area contributed by atoms with Crippen molar-refractivity contribution in [3.05, 3.63) is 33.9 Å². The largest absolute Gasteiger partial charge is 0.484 e. The minimum Gasteiger partial charge on any atom is -0.484 e. The van der Waals surface area contributed by atoms with Crippen LogP contribution < -0.4 is 4.74 Å². The van der Waals surface area contributed by atoms with E-state index in [1.54, 1.807) is 0 Å². The number of non-ortho nitro benzene ring substituents is 1. The van der Waals surface area contributed by atoms with E-state index in [4.69, 9.17) is 9.47 Å². The maximum Gasteiger partial charge on any atom is 0.270 e. The number of Topliss-reactive ketones (excluding diaryl/α,β-unsaturated/α-hetero) is 1. The second kappa shape index (κ2) is 3.78. The Labute approximate surface area is 103 Å². The summed E-state index contributed by atoms with van der Waals surface area (Å²) in [6.07, 6.45) is 0.899. The van der Waals surface area contributed by atoms with Gasteiger partial charge in [-0.1, -0.05) is 0 Å². The molecule has 6 nitrogen and oxygen atoms in total. The zero-order valence-electron chi connectivity index (χ0n) is 9.55. The van der Waals surface area contributed by atoms with E-state index in [0.29, 0.717) is 30.9 Å². The molecule has 3 rings (SSSR count). The summed E-state index contributed by atoms with van der Waals surface area (Å²) in [6.45, 7) is 0.977. The molecule has 0 radical (unpaired) electrons. The second-order valence-corrected chi connectivity index (χ2v) is 4.63. The summed E-state index contributed by atoms with van der Waals surface area (Å²) in [5.41, 5.74) is -0.369. The van der Waals surface area contributed by atoms with Gasteiger partial charge in [-0.25, -0.2) is 0 Å². The zero-order chi connectivity index (χ0) is 12.8. The number of carbonyl (C=O) groups is 1. The van der Waals surface area contributed by atoms with E-state index in [0.717, 1.165) is 0 Å². The third-order valence-corrected chi connectivity index (χ3v) is 3.35. The van der Waals surface area contributed by atoms with Crippen LogP contribution in [-0.4, -0.2) is 29.5 Å². The molecular formula is C12H11NO5. The molecular weight excluding hydrogens is 238 g/mol. The molecule has 1 spiro atoms. The molecule has 94 valence electrons. The summed E-state index contributed by atoms with van der Waals surface area (Å²) in [5.74, 6) is 0.299. The van der Waals surface area contributed by atoms with Crippen LogP contribution >= 0.6 is 0 Å². The first-order valence-corrected chi connectivity index (χ1v) is 5.68. The number of nitro benzene ring substituents is 1. The Morgan fingerprint density at radius 1 is 1.39 bits per heavy atom. The molecule has 6 heteroatoms. The molecule has 0 bridgehead atoms. The first-order chi connectivity index (χ1) is 8.60.